The number of amides is 1. The standard InChI is InChI=1S/C12H15NO4/c1-2-9(11(14)15)8-13-12(16)17-10-6-4-3-5-7-10/h3-7,9H,2,8H2,1H3,(H,13,16)(H,14,15). The predicted octanol–water partition coefficient (Wildman–Crippen LogP) is 1.89. The predicted molar refractivity (Wildman–Crippen MR) is 61.9 cm³/mol. The minimum atomic E-state index is -0.924. The molecule has 1 aromatic rings. The summed E-state index contributed by atoms with van der Waals surface area (Å²) in [5.41, 5.74) is 0. The lowest BCUT2D eigenvalue weighted by molar-refractivity contribution is -0.141. The van der Waals surface area contributed by atoms with Crippen molar-refractivity contribution in [2.45, 2.75) is 13.3 Å². The van der Waals surface area contributed by atoms with Crippen LogP contribution >= 0.6 is 0 Å². The lowest BCUT2D eigenvalue weighted by Crippen LogP contribution is -2.34. The van der Waals surface area contributed by atoms with Crippen LogP contribution in [0.25, 0.3) is 0 Å². The highest BCUT2D eigenvalue weighted by Crippen LogP contribution is 2.08. The largest absolute Gasteiger partial charge is 0.481 e. The van der Waals surface area contributed by atoms with Gasteiger partial charge in [0.25, 0.3) is 0 Å². The van der Waals surface area contributed by atoms with Crippen molar-refractivity contribution in [3.05, 3.63) is 30.3 Å². The maximum absolute atomic E-state index is 11.3. The molecule has 0 saturated carbocycles. The Morgan fingerprint density at radius 2 is 2.00 bits per heavy atom. The second-order valence-corrected chi connectivity index (χ2v) is 3.53. The van der Waals surface area contributed by atoms with Gasteiger partial charge in [-0.2, -0.15) is 0 Å². The van der Waals surface area contributed by atoms with E-state index < -0.39 is 18.0 Å². The monoisotopic (exact) mass is 237 g/mol. The highest BCUT2D eigenvalue weighted by atomic mass is 16.6. The van der Waals surface area contributed by atoms with Crippen LogP contribution in [0.5, 0.6) is 5.75 Å². The molecule has 92 valence electrons. The molecule has 0 heterocycles. The van der Waals surface area contributed by atoms with E-state index in [0.29, 0.717) is 12.2 Å². The molecule has 1 atom stereocenters. The van der Waals surface area contributed by atoms with Crippen molar-refractivity contribution in [2.75, 3.05) is 6.54 Å². The first-order chi connectivity index (χ1) is 8.13. The Hall–Kier alpha value is -2.04. The Morgan fingerprint density at radius 1 is 1.35 bits per heavy atom. The Morgan fingerprint density at radius 3 is 2.53 bits per heavy atom. The van der Waals surface area contributed by atoms with E-state index in [2.05, 4.69) is 5.32 Å². The molecule has 0 saturated heterocycles. The number of nitrogens with one attached hydrogen (secondary N) is 1. The number of carboxylic acid groups (broad SMARTS) is 1. The lowest BCUT2D eigenvalue weighted by atomic mass is 10.1. The zero-order valence-corrected chi connectivity index (χ0v) is 9.55. The van der Waals surface area contributed by atoms with Crippen LogP contribution in [-0.4, -0.2) is 23.7 Å². The number of rotatable bonds is 5. The number of aliphatic carboxylic acids is 1. The van der Waals surface area contributed by atoms with Gasteiger partial charge in [0.05, 0.1) is 5.92 Å². The summed E-state index contributed by atoms with van der Waals surface area (Å²) >= 11 is 0. The van der Waals surface area contributed by atoms with E-state index in [0.717, 1.165) is 0 Å². The van der Waals surface area contributed by atoms with Gasteiger partial charge in [-0.15, -0.1) is 0 Å². The third-order valence-electron chi connectivity index (χ3n) is 2.29. The maximum Gasteiger partial charge on any atom is 0.412 e. The molecule has 0 aliphatic heterocycles. The van der Waals surface area contributed by atoms with Gasteiger partial charge in [-0.1, -0.05) is 25.1 Å². The Balaban J connectivity index is 2.38. The van der Waals surface area contributed by atoms with Crippen LogP contribution in [0, 0.1) is 5.92 Å². The van der Waals surface area contributed by atoms with Crippen LogP contribution in [0.2, 0.25) is 0 Å². The van der Waals surface area contributed by atoms with Gasteiger partial charge in [0.2, 0.25) is 0 Å². The average molecular weight is 237 g/mol. The molecule has 0 aliphatic carbocycles. The molecule has 1 rings (SSSR count). The van der Waals surface area contributed by atoms with Crippen molar-refractivity contribution in [3.63, 3.8) is 0 Å². The summed E-state index contributed by atoms with van der Waals surface area (Å²) in [4.78, 5) is 22.0. The molecule has 0 bridgehead atoms. The summed E-state index contributed by atoms with van der Waals surface area (Å²) in [7, 11) is 0. The molecule has 1 unspecified atom stereocenters. The Labute approximate surface area is 99.4 Å². The van der Waals surface area contributed by atoms with E-state index in [-0.39, 0.29) is 6.54 Å². The van der Waals surface area contributed by atoms with Gasteiger partial charge in [0.15, 0.2) is 0 Å². The van der Waals surface area contributed by atoms with Crippen LogP contribution in [0.3, 0.4) is 0 Å². The van der Waals surface area contributed by atoms with Gasteiger partial charge in [0, 0.05) is 6.54 Å². The molecular weight excluding hydrogens is 222 g/mol. The Bertz CT molecular complexity index is 377. The molecule has 0 aliphatic rings. The molecule has 0 fully saturated rings. The van der Waals surface area contributed by atoms with Gasteiger partial charge in [-0.25, -0.2) is 4.79 Å². The van der Waals surface area contributed by atoms with Crippen molar-refractivity contribution < 1.29 is 19.4 Å². The summed E-state index contributed by atoms with van der Waals surface area (Å²) in [5, 5.41) is 11.2. The normalized spacial score (nSPS) is 11.6. The van der Waals surface area contributed by atoms with E-state index >= 15 is 0 Å². The first-order valence-electron chi connectivity index (χ1n) is 5.37. The van der Waals surface area contributed by atoms with Crippen LogP contribution < -0.4 is 10.1 Å². The van der Waals surface area contributed by atoms with Crippen molar-refractivity contribution in [3.8, 4) is 5.75 Å². The molecule has 0 radical (unpaired) electrons. The quantitative estimate of drug-likeness (QED) is 0.819. The van der Waals surface area contributed by atoms with Gasteiger partial charge in [0.1, 0.15) is 5.75 Å². The highest BCUT2D eigenvalue weighted by molar-refractivity contribution is 5.73. The zero-order valence-electron chi connectivity index (χ0n) is 9.55. The van der Waals surface area contributed by atoms with Gasteiger partial charge in [-0.3, -0.25) is 4.79 Å². The minimum absolute atomic E-state index is 0.0670. The number of ether oxygens (including phenoxy) is 1. The fourth-order valence-electron chi connectivity index (χ4n) is 1.24. The summed E-state index contributed by atoms with van der Waals surface area (Å²) in [5.74, 6) is -1.08. The Kier molecular flexibility index (Phi) is 5.00. The number of carbonyl (C=O) groups excluding carboxylic acids is 1. The number of hydrogen-bond acceptors (Lipinski definition) is 3. The molecule has 2 N–H and O–H groups in total. The third-order valence-corrected chi connectivity index (χ3v) is 2.29. The summed E-state index contributed by atoms with van der Waals surface area (Å²) in [6.45, 7) is 1.82. The first kappa shape index (κ1) is 13.0. The lowest BCUT2D eigenvalue weighted by Gasteiger charge is -2.11. The summed E-state index contributed by atoms with van der Waals surface area (Å²) in [6, 6.07) is 8.59. The highest BCUT2D eigenvalue weighted by Gasteiger charge is 2.16. The summed E-state index contributed by atoms with van der Waals surface area (Å²) in [6.07, 6.45) is -0.183. The number of hydrogen-bond donors (Lipinski definition) is 2. The van der Waals surface area contributed by atoms with Crippen LogP contribution in [0.4, 0.5) is 4.79 Å². The second kappa shape index (κ2) is 6.52. The number of benzene rings is 1. The van der Waals surface area contributed by atoms with Crippen molar-refractivity contribution >= 4 is 12.1 Å². The number of carbonyl (C=O) groups is 2. The molecule has 17 heavy (non-hydrogen) atoms. The number of para-hydroxylation sites is 1. The molecular formula is C12H15NO4. The fourth-order valence-corrected chi connectivity index (χ4v) is 1.24. The summed E-state index contributed by atoms with van der Waals surface area (Å²) < 4.78 is 4.95. The molecule has 5 nitrogen and oxygen atoms in total. The van der Waals surface area contributed by atoms with Gasteiger partial charge < -0.3 is 15.2 Å². The topological polar surface area (TPSA) is 75.6 Å². The number of carboxylic acids is 1. The van der Waals surface area contributed by atoms with E-state index in [1.54, 1.807) is 31.2 Å². The van der Waals surface area contributed by atoms with E-state index in [9.17, 15) is 9.59 Å². The minimum Gasteiger partial charge on any atom is -0.481 e. The van der Waals surface area contributed by atoms with E-state index in [1.807, 2.05) is 6.07 Å². The van der Waals surface area contributed by atoms with Crippen molar-refractivity contribution in [1.29, 1.82) is 0 Å². The van der Waals surface area contributed by atoms with E-state index in [1.165, 1.54) is 0 Å². The molecule has 5 heteroatoms. The molecule has 0 aromatic heterocycles. The van der Waals surface area contributed by atoms with Crippen molar-refractivity contribution in [2.24, 2.45) is 5.92 Å². The SMILES string of the molecule is CCC(CNC(=O)Oc1ccccc1)C(=O)O. The third kappa shape index (κ3) is 4.55. The molecule has 1 amide bonds. The second-order valence-electron chi connectivity index (χ2n) is 3.53. The smallest absolute Gasteiger partial charge is 0.412 e. The van der Waals surface area contributed by atoms with Crippen LogP contribution in [-0.2, 0) is 4.79 Å². The van der Waals surface area contributed by atoms with Crippen LogP contribution in [0.15, 0.2) is 30.3 Å². The van der Waals surface area contributed by atoms with Gasteiger partial charge in [-0.05, 0) is 18.6 Å². The maximum atomic E-state index is 11.3. The van der Waals surface area contributed by atoms with Crippen molar-refractivity contribution in [1.82, 2.24) is 5.32 Å². The first-order valence-corrected chi connectivity index (χ1v) is 5.37. The zero-order chi connectivity index (χ0) is 12.7. The van der Waals surface area contributed by atoms with E-state index in [4.69, 9.17) is 9.84 Å². The average Bonchev–Trinajstić information content (AvgIpc) is 2.30. The van der Waals surface area contributed by atoms with Crippen LogP contribution in [0.1, 0.15) is 13.3 Å². The molecule has 1 aromatic carbocycles. The van der Waals surface area contributed by atoms with Gasteiger partial charge >= 0.3 is 12.1 Å². The molecule has 0 spiro atoms. The fraction of sp³-hybridized carbons (Fsp3) is 0.333.